The normalized spacial score (nSPS) is 10.6. The van der Waals surface area contributed by atoms with E-state index in [-0.39, 0.29) is 12.5 Å². The second-order valence-corrected chi connectivity index (χ2v) is 5.75. The summed E-state index contributed by atoms with van der Waals surface area (Å²) < 4.78 is 11.3. The van der Waals surface area contributed by atoms with Crippen molar-refractivity contribution in [1.29, 1.82) is 0 Å². The van der Waals surface area contributed by atoms with E-state index in [1.54, 1.807) is 30.0 Å². The number of carbonyl (C=O) groups is 2. The highest BCUT2D eigenvalue weighted by Crippen LogP contribution is 2.26. The molecule has 1 aromatic heterocycles. The van der Waals surface area contributed by atoms with Gasteiger partial charge < -0.3 is 14.4 Å². The Morgan fingerprint density at radius 3 is 2.61 bits per heavy atom. The fourth-order valence-electron chi connectivity index (χ4n) is 2.09. The number of hydrogen-bond acceptors (Lipinski definition) is 6. The highest BCUT2D eigenvalue weighted by molar-refractivity contribution is 7.20. The molecule has 23 heavy (non-hydrogen) atoms. The molecule has 0 bridgehead atoms. The van der Waals surface area contributed by atoms with Crippen LogP contribution in [0.2, 0.25) is 0 Å². The molecule has 6 nitrogen and oxygen atoms in total. The van der Waals surface area contributed by atoms with Crippen LogP contribution in [0, 0.1) is 0 Å². The van der Waals surface area contributed by atoms with E-state index in [9.17, 15) is 9.59 Å². The highest BCUT2D eigenvalue weighted by atomic mass is 32.1. The molecule has 1 aromatic carbocycles. The van der Waals surface area contributed by atoms with E-state index in [1.807, 2.05) is 13.8 Å². The Morgan fingerprint density at radius 2 is 1.96 bits per heavy atom. The number of rotatable bonds is 7. The number of amides is 1. The maximum absolute atomic E-state index is 11.9. The van der Waals surface area contributed by atoms with Crippen LogP contribution in [-0.2, 0) is 9.53 Å². The quantitative estimate of drug-likeness (QED) is 0.727. The maximum Gasteiger partial charge on any atom is 0.367 e. The third-order valence-electron chi connectivity index (χ3n) is 3.29. The molecule has 7 heteroatoms. The predicted molar refractivity (Wildman–Crippen MR) is 89.0 cm³/mol. The number of esters is 1. The molecule has 1 heterocycles. The van der Waals surface area contributed by atoms with Crippen LogP contribution in [0.3, 0.4) is 0 Å². The highest BCUT2D eigenvalue weighted by Gasteiger charge is 2.14. The molecule has 0 aliphatic rings. The average molecular weight is 336 g/mol. The molecule has 0 fully saturated rings. The van der Waals surface area contributed by atoms with Gasteiger partial charge in [0.2, 0.25) is 5.01 Å². The van der Waals surface area contributed by atoms with E-state index in [1.165, 1.54) is 11.3 Å². The van der Waals surface area contributed by atoms with Crippen molar-refractivity contribution < 1.29 is 19.1 Å². The van der Waals surface area contributed by atoms with E-state index >= 15 is 0 Å². The van der Waals surface area contributed by atoms with Crippen LogP contribution >= 0.6 is 11.3 Å². The summed E-state index contributed by atoms with van der Waals surface area (Å²) in [6.45, 7) is 7.26. The lowest BCUT2D eigenvalue weighted by molar-refractivity contribution is -0.132. The van der Waals surface area contributed by atoms with Gasteiger partial charge >= 0.3 is 5.97 Å². The van der Waals surface area contributed by atoms with Gasteiger partial charge in [0.1, 0.15) is 5.75 Å². The summed E-state index contributed by atoms with van der Waals surface area (Å²) in [7, 11) is 0. The number of nitrogens with zero attached hydrogens (tertiary/aromatic N) is 2. The largest absolute Gasteiger partial charge is 0.484 e. The Balaban J connectivity index is 2.08. The van der Waals surface area contributed by atoms with Crippen LogP contribution in [0.1, 0.15) is 30.6 Å². The summed E-state index contributed by atoms with van der Waals surface area (Å²) in [6, 6.07) is 5.30. The third kappa shape index (κ3) is 4.19. The van der Waals surface area contributed by atoms with Crippen LogP contribution in [-0.4, -0.2) is 48.1 Å². The lowest BCUT2D eigenvalue weighted by Crippen LogP contribution is -2.34. The number of ether oxygens (including phenoxy) is 2. The Labute approximate surface area is 139 Å². The van der Waals surface area contributed by atoms with Gasteiger partial charge in [-0.3, -0.25) is 4.79 Å². The van der Waals surface area contributed by atoms with Gasteiger partial charge in [-0.05, 0) is 39.0 Å². The van der Waals surface area contributed by atoms with Gasteiger partial charge in [0, 0.05) is 13.1 Å². The predicted octanol–water partition coefficient (Wildman–Crippen LogP) is 2.72. The van der Waals surface area contributed by atoms with Gasteiger partial charge in [-0.25, -0.2) is 9.78 Å². The zero-order valence-electron chi connectivity index (χ0n) is 13.5. The van der Waals surface area contributed by atoms with Crippen LogP contribution in [0.5, 0.6) is 5.75 Å². The first-order valence-electron chi connectivity index (χ1n) is 7.57. The first kappa shape index (κ1) is 17.2. The number of fused-ring (bicyclic) bond motifs is 1. The smallest absolute Gasteiger partial charge is 0.367 e. The zero-order valence-corrected chi connectivity index (χ0v) is 14.3. The van der Waals surface area contributed by atoms with Gasteiger partial charge in [0.05, 0.1) is 16.8 Å². The topological polar surface area (TPSA) is 68.7 Å². The summed E-state index contributed by atoms with van der Waals surface area (Å²) >= 11 is 1.25. The van der Waals surface area contributed by atoms with Gasteiger partial charge in [0.25, 0.3) is 5.91 Å². The van der Waals surface area contributed by atoms with Crippen molar-refractivity contribution in [2.75, 3.05) is 26.3 Å². The van der Waals surface area contributed by atoms with Crippen LogP contribution in [0.4, 0.5) is 0 Å². The molecule has 0 saturated carbocycles. The standard InChI is InChI=1S/C16H20N2O4S/c1-4-18(5-2)14(19)10-22-11-7-8-12-13(9-11)23-15(17-12)16(20)21-6-3/h7-9H,4-6,10H2,1-3H3. The minimum Gasteiger partial charge on any atom is -0.484 e. The number of likely N-dealkylation sites (N-methyl/N-ethyl adjacent to an activating group) is 1. The molecule has 0 spiro atoms. The van der Waals surface area contributed by atoms with Crippen molar-refractivity contribution in [2.45, 2.75) is 20.8 Å². The van der Waals surface area contributed by atoms with Gasteiger partial charge in [-0.2, -0.15) is 0 Å². The molecular formula is C16H20N2O4S. The second kappa shape index (κ2) is 7.92. The average Bonchev–Trinajstić information content (AvgIpc) is 2.97. The Hall–Kier alpha value is -2.15. The molecule has 0 aliphatic heterocycles. The lowest BCUT2D eigenvalue weighted by Gasteiger charge is -2.18. The monoisotopic (exact) mass is 336 g/mol. The number of benzene rings is 1. The van der Waals surface area contributed by atoms with E-state index in [2.05, 4.69) is 4.98 Å². The van der Waals surface area contributed by atoms with Crippen molar-refractivity contribution in [3.05, 3.63) is 23.2 Å². The molecule has 2 aromatic rings. The van der Waals surface area contributed by atoms with E-state index in [0.29, 0.717) is 36.0 Å². The van der Waals surface area contributed by atoms with Crippen molar-refractivity contribution in [2.24, 2.45) is 0 Å². The van der Waals surface area contributed by atoms with Crippen molar-refractivity contribution in [1.82, 2.24) is 9.88 Å². The van der Waals surface area contributed by atoms with Crippen molar-refractivity contribution >= 4 is 33.4 Å². The third-order valence-corrected chi connectivity index (χ3v) is 4.29. The maximum atomic E-state index is 11.9. The molecule has 1 amide bonds. The number of aromatic nitrogens is 1. The molecule has 0 atom stereocenters. The van der Waals surface area contributed by atoms with E-state index in [4.69, 9.17) is 9.47 Å². The zero-order chi connectivity index (χ0) is 16.8. The van der Waals surface area contributed by atoms with Crippen molar-refractivity contribution in [3.8, 4) is 5.75 Å². The summed E-state index contributed by atoms with van der Waals surface area (Å²) in [5.41, 5.74) is 0.709. The minimum absolute atomic E-state index is 0.00325. The molecule has 0 unspecified atom stereocenters. The van der Waals surface area contributed by atoms with E-state index < -0.39 is 5.97 Å². The summed E-state index contributed by atoms with van der Waals surface area (Å²) in [5, 5.41) is 0.318. The fourth-order valence-corrected chi connectivity index (χ4v) is 2.98. The lowest BCUT2D eigenvalue weighted by atomic mass is 10.3. The van der Waals surface area contributed by atoms with Crippen LogP contribution in [0.25, 0.3) is 10.2 Å². The SMILES string of the molecule is CCOC(=O)c1nc2ccc(OCC(=O)N(CC)CC)cc2s1. The Kier molecular flexibility index (Phi) is 5.92. The van der Waals surface area contributed by atoms with Crippen LogP contribution in [0.15, 0.2) is 18.2 Å². The Morgan fingerprint density at radius 1 is 1.22 bits per heavy atom. The van der Waals surface area contributed by atoms with Crippen LogP contribution < -0.4 is 4.74 Å². The summed E-state index contributed by atoms with van der Waals surface area (Å²) in [6.07, 6.45) is 0. The molecule has 124 valence electrons. The van der Waals surface area contributed by atoms with Gasteiger partial charge in [-0.15, -0.1) is 11.3 Å². The fraction of sp³-hybridized carbons (Fsp3) is 0.438. The second-order valence-electron chi connectivity index (χ2n) is 4.72. The minimum atomic E-state index is -0.423. The molecule has 0 saturated heterocycles. The molecule has 0 aliphatic carbocycles. The van der Waals surface area contributed by atoms with Crippen molar-refractivity contribution in [3.63, 3.8) is 0 Å². The first-order chi connectivity index (χ1) is 11.1. The number of hydrogen-bond donors (Lipinski definition) is 0. The summed E-state index contributed by atoms with van der Waals surface area (Å²) in [4.78, 5) is 29.6. The molecule has 0 radical (unpaired) electrons. The Bertz CT molecular complexity index is 694. The molecular weight excluding hydrogens is 316 g/mol. The summed E-state index contributed by atoms with van der Waals surface area (Å²) in [5.74, 6) is 0.108. The van der Waals surface area contributed by atoms with E-state index in [0.717, 1.165) is 4.70 Å². The van der Waals surface area contributed by atoms with Gasteiger partial charge in [-0.1, -0.05) is 0 Å². The molecule has 2 rings (SSSR count). The number of thiazole rings is 1. The van der Waals surface area contributed by atoms with Gasteiger partial charge in [0.15, 0.2) is 6.61 Å². The number of carbonyl (C=O) groups excluding carboxylic acids is 2. The molecule has 0 N–H and O–H groups in total. The first-order valence-corrected chi connectivity index (χ1v) is 8.38.